The molecule has 1 saturated carbocycles. The van der Waals surface area contributed by atoms with Crippen LogP contribution in [0.15, 0.2) is 74.9 Å². The van der Waals surface area contributed by atoms with Gasteiger partial charge in [-0.3, -0.25) is 14.2 Å². The van der Waals surface area contributed by atoms with E-state index in [0.717, 1.165) is 11.1 Å². The fraction of sp³-hybridized carbons (Fsp3) is 0.222. The Morgan fingerprint density at radius 2 is 2.03 bits per heavy atom. The molecule has 4 unspecified atom stereocenters. The zero-order valence-corrected chi connectivity index (χ0v) is 20.8. The number of esters is 1. The van der Waals surface area contributed by atoms with E-state index in [2.05, 4.69) is 0 Å². The van der Waals surface area contributed by atoms with Crippen molar-refractivity contribution in [1.29, 1.82) is 0 Å². The van der Waals surface area contributed by atoms with Gasteiger partial charge in [0.05, 0.1) is 11.6 Å². The maximum Gasteiger partial charge on any atom is 0.315 e. The minimum atomic E-state index is -0.997. The highest BCUT2D eigenvalue weighted by Gasteiger charge is 2.88. The number of para-hydroxylation sites is 1. The molecule has 3 aliphatic rings. The number of carbonyl (C=O) groups excluding carboxylic acids is 1. The number of thiazole rings is 1. The van der Waals surface area contributed by atoms with Crippen molar-refractivity contribution in [2.24, 2.45) is 10.9 Å². The summed E-state index contributed by atoms with van der Waals surface area (Å²) in [5, 5.41) is 0.616. The number of ether oxygens (including phenoxy) is 2. The zero-order valence-electron chi connectivity index (χ0n) is 19.2. The number of methoxy groups -OCH3 is 1. The van der Waals surface area contributed by atoms with Gasteiger partial charge in [0.1, 0.15) is 34.8 Å². The standard InChI is InChI=1S/C27H19ClN2O5S/c1-26-21(24(32)33-2)27(26)22(17-8-3-4-9-19(17)35-27)30-23(31)20(36-25(30)29-26)13-16-10-11-18(34-16)14-6-5-7-15(28)12-14/h3-13,21-22H,1-2H3. The van der Waals surface area contributed by atoms with Crippen LogP contribution in [0, 0.1) is 5.92 Å². The number of carbonyl (C=O) groups is 1. The Kier molecular flexibility index (Phi) is 4.34. The summed E-state index contributed by atoms with van der Waals surface area (Å²) in [4.78, 5) is 32.0. The minimum Gasteiger partial charge on any atom is -0.481 e. The summed E-state index contributed by atoms with van der Waals surface area (Å²) in [6.07, 6.45) is 1.72. The van der Waals surface area contributed by atoms with E-state index >= 15 is 0 Å². The molecule has 36 heavy (non-hydrogen) atoms. The van der Waals surface area contributed by atoms with Crippen molar-refractivity contribution in [2.45, 2.75) is 24.1 Å². The third-order valence-corrected chi connectivity index (χ3v) is 8.68. The highest BCUT2D eigenvalue weighted by molar-refractivity contribution is 7.07. The van der Waals surface area contributed by atoms with E-state index in [4.69, 9.17) is 30.5 Å². The molecule has 2 aliphatic heterocycles. The second-order valence-electron chi connectivity index (χ2n) is 9.33. The summed E-state index contributed by atoms with van der Waals surface area (Å²) in [6, 6.07) is 18.2. The van der Waals surface area contributed by atoms with Crippen molar-refractivity contribution in [3.8, 4) is 17.1 Å². The molecule has 9 heteroatoms. The lowest BCUT2D eigenvalue weighted by molar-refractivity contribution is -0.144. The number of halogens is 1. The van der Waals surface area contributed by atoms with Crippen molar-refractivity contribution < 1.29 is 18.7 Å². The first-order valence-electron chi connectivity index (χ1n) is 11.4. The number of hydrogen-bond acceptors (Lipinski definition) is 7. The van der Waals surface area contributed by atoms with Gasteiger partial charge in [0.2, 0.25) is 0 Å². The van der Waals surface area contributed by atoms with Gasteiger partial charge in [-0.1, -0.05) is 53.3 Å². The zero-order chi connectivity index (χ0) is 24.8. The summed E-state index contributed by atoms with van der Waals surface area (Å²) >= 11 is 7.39. The number of furan rings is 1. The lowest BCUT2D eigenvalue weighted by Gasteiger charge is -2.26. The smallest absolute Gasteiger partial charge is 0.315 e. The molecule has 1 spiro atoms. The summed E-state index contributed by atoms with van der Waals surface area (Å²) in [5.41, 5.74) is -0.338. The first-order valence-corrected chi connectivity index (χ1v) is 12.6. The Balaban J connectivity index is 1.39. The quantitative estimate of drug-likeness (QED) is 0.387. The third-order valence-electron chi connectivity index (χ3n) is 7.47. The predicted molar refractivity (Wildman–Crippen MR) is 134 cm³/mol. The van der Waals surface area contributed by atoms with Gasteiger partial charge in [0, 0.05) is 22.2 Å². The fourth-order valence-corrected chi connectivity index (χ4v) is 7.09. The van der Waals surface area contributed by atoms with Crippen molar-refractivity contribution in [1.82, 2.24) is 4.57 Å². The van der Waals surface area contributed by atoms with Gasteiger partial charge < -0.3 is 13.9 Å². The molecule has 4 aromatic rings. The number of benzene rings is 2. The summed E-state index contributed by atoms with van der Waals surface area (Å²) in [7, 11) is 1.36. The van der Waals surface area contributed by atoms with Gasteiger partial charge in [0.25, 0.3) is 5.56 Å². The highest BCUT2D eigenvalue weighted by Crippen LogP contribution is 2.70. The topological polar surface area (TPSA) is 83.0 Å². The number of aromatic nitrogens is 1. The van der Waals surface area contributed by atoms with Gasteiger partial charge in [-0.2, -0.15) is 0 Å². The number of hydrogen-bond donors (Lipinski definition) is 0. The molecule has 0 amide bonds. The normalized spacial score (nSPS) is 27.2. The fourth-order valence-electron chi connectivity index (χ4n) is 5.82. The van der Waals surface area contributed by atoms with Crippen LogP contribution in [0.25, 0.3) is 17.4 Å². The molecule has 1 fully saturated rings. The van der Waals surface area contributed by atoms with Crippen LogP contribution in [0.3, 0.4) is 0 Å². The van der Waals surface area contributed by atoms with Crippen LogP contribution < -0.4 is 19.6 Å². The van der Waals surface area contributed by atoms with Crippen molar-refractivity contribution in [3.63, 3.8) is 0 Å². The maximum atomic E-state index is 13.8. The van der Waals surface area contributed by atoms with Gasteiger partial charge in [-0.25, -0.2) is 4.99 Å². The van der Waals surface area contributed by atoms with Gasteiger partial charge in [-0.05, 0) is 37.3 Å². The van der Waals surface area contributed by atoms with Crippen molar-refractivity contribution in [2.75, 3.05) is 7.11 Å². The second-order valence-corrected chi connectivity index (χ2v) is 10.8. The average Bonchev–Trinajstić information content (AvgIpc) is 3.28. The molecule has 2 aromatic heterocycles. The van der Waals surface area contributed by atoms with Crippen LogP contribution >= 0.6 is 22.9 Å². The van der Waals surface area contributed by atoms with Crippen LogP contribution in [0.4, 0.5) is 0 Å². The van der Waals surface area contributed by atoms with E-state index in [1.807, 2.05) is 61.5 Å². The third kappa shape index (κ3) is 2.66. The van der Waals surface area contributed by atoms with Crippen LogP contribution in [0.1, 0.15) is 24.3 Å². The SMILES string of the molecule is COC(=O)C1C2(C)N=c3sc(=Cc4ccc(-c5cccc(Cl)c5)o4)c(=O)n3C3c4ccccc4OC312. The van der Waals surface area contributed by atoms with E-state index in [-0.39, 0.29) is 5.56 Å². The van der Waals surface area contributed by atoms with Crippen LogP contribution in [0.2, 0.25) is 5.02 Å². The van der Waals surface area contributed by atoms with Gasteiger partial charge in [-0.15, -0.1) is 0 Å². The molecule has 0 radical (unpaired) electrons. The minimum absolute atomic E-state index is 0.207. The van der Waals surface area contributed by atoms with Gasteiger partial charge >= 0.3 is 5.97 Å². The molecule has 7 rings (SSSR count). The molecular weight excluding hydrogens is 500 g/mol. The van der Waals surface area contributed by atoms with E-state index < -0.39 is 29.1 Å². The van der Waals surface area contributed by atoms with Crippen molar-refractivity contribution in [3.05, 3.63) is 96.7 Å². The van der Waals surface area contributed by atoms with E-state index in [0.29, 0.717) is 31.6 Å². The van der Waals surface area contributed by atoms with Crippen LogP contribution in [0.5, 0.6) is 5.75 Å². The Morgan fingerprint density at radius 1 is 1.19 bits per heavy atom. The average molecular weight is 519 g/mol. The second kappa shape index (κ2) is 7.21. The molecular formula is C27H19ClN2O5S. The highest BCUT2D eigenvalue weighted by atomic mass is 35.5. The lowest BCUT2D eigenvalue weighted by atomic mass is 9.97. The van der Waals surface area contributed by atoms with Gasteiger partial charge in [0.15, 0.2) is 10.4 Å². The monoisotopic (exact) mass is 518 g/mol. The molecule has 7 nitrogen and oxygen atoms in total. The first kappa shape index (κ1) is 21.6. The molecule has 4 heterocycles. The molecule has 0 bridgehead atoms. The predicted octanol–water partition coefficient (Wildman–Crippen LogP) is 3.57. The van der Waals surface area contributed by atoms with Crippen LogP contribution in [-0.4, -0.2) is 28.8 Å². The van der Waals surface area contributed by atoms with E-state index in [1.165, 1.54) is 18.4 Å². The first-order chi connectivity index (χ1) is 17.4. The molecule has 0 N–H and O–H groups in total. The number of nitrogens with zero attached hydrogens (tertiary/aromatic N) is 2. The van der Waals surface area contributed by atoms with E-state index in [9.17, 15) is 9.59 Å². The largest absolute Gasteiger partial charge is 0.481 e. The van der Waals surface area contributed by atoms with E-state index in [1.54, 1.807) is 16.7 Å². The Morgan fingerprint density at radius 3 is 2.83 bits per heavy atom. The molecule has 2 aromatic carbocycles. The number of rotatable bonds is 3. The van der Waals surface area contributed by atoms with Crippen LogP contribution in [-0.2, 0) is 9.53 Å². The molecule has 180 valence electrons. The number of fused-ring (bicyclic) bond motifs is 4. The maximum absolute atomic E-state index is 13.8. The summed E-state index contributed by atoms with van der Waals surface area (Å²) < 4.78 is 19.7. The lowest BCUT2D eigenvalue weighted by Crippen LogP contribution is -2.47. The molecule has 1 aliphatic carbocycles. The van der Waals surface area contributed by atoms with Crippen molar-refractivity contribution >= 4 is 35.0 Å². The Bertz CT molecular complexity index is 1770. The summed E-state index contributed by atoms with van der Waals surface area (Å²) in [5.74, 6) is 0.850. The Hall–Kier alpha value is -3.62. The molecule has 4 atom stereocenters. The Labute approximate surface area is 213 Å². The molecule has 0 saturated heterocycles. The summed E-state index contributed by atoms with van der Waals surface area (Å²) in [6.45, 7) is 1.90.